The summed E-state index contributed by atoms with van der Waals surface area (Å²) >= 11 is 13.5. The Bertz CT molecular complexity index is 1460. The number of furan rings is 1. The van der Waals surface area contributed by atoms with Crippen molar-refractivity contribution in [3.63, 3.8) is 0 Å². The van der Waals surface area contributed by atoms with Gasteiger partial charge in [0.2, 0.25) is 4.96 Å². The van der Waals surface area contributed by atoms with Gasteiger partial charge in [-0.25, -0.2) is 0 Å². The molecule has 1 amide bonds. The third kappa shape index (κ3) is 3.88. The summed E-state index contributed by atoms with van der Waals surface area (Å²) in [6.07, 6.45) is 0.744. The minimum Gasteiger partial charge on any atom is -0.451 e. The van der Waals surface area contributed by atoms with E-state index in [4.69, 9.17) is 27.6 Å². The molecule has 0 bridgehead atoms. The van der Waals surface area contributed by atoms with Crippen molar-refractivity contribution in [3.8, 4) is 21.9 Å². The molecule has 5 rings (SSSR count). The number of nitrogens with one attached hydrogen (secondary N) is 1. The summed E-state index contributed by atoms with van der Waals surface area (Å²) in [6, 6.07) is 15.9. The smallest absolute Gasteiger partial charge is 0.291 e. The molecular weight excluding hydrogens is 469 g/mol. The van der Waals surface area contributed by atoms with E-state index in [1.54, 1.807) is 34.8 Å². The van der Waals surface area contributed by atoms with Crippen LogP contribution in [0.15, 0.2) is 59.0 Å². The quantitative estimate of drug-likeness (QED) is 0.320. The lowest BCUT2D eigenvalue weighted by atomic mass is 10.2. The van der Waals surface area contributed by atoms with Crippen molar-refractivity contribution >= 4 is 51.1 Å². The lowest BCUT2D eigenvalue weighted by Gasteiger charge is -2.05. The van der Waals surface area contributed by atoms with Crippen molar-refractivity contribution in [2.24, 2.45) is 0 Å². The van der Waals surface area contributed by atoms with Gasteiger partial charge in [0.1, 0.15) is 10.8 Å². The molecule has 0 aliphatic rings. The monoisotopic (exact) mass is 483 g/mol. The third-order valence-electron chi connectivity index (χ3n) is 4.77. The first kappa shape index (κ1) is 20.7. The van der Waals surface area contributed by atoms with Crippen LogP contribution in [0.3, 0.4) is 0 Å². The van der Waals surface area contributed by atoms with E-state index in [-0.39, 0.29) is 11.7 Å². The van der Waals surface area contributed by atoms with Gasteiger partial charge in [0.25, 0.3) is 5.91 Å². The van der Waals surface area contributed by atoms with Gasteiger partial charge in [-0.1, -0.05) is 53.6 Å². The molecule has 0 radical (unpaired) electrons. The molecule has 7 nitrogen and oxygen atoms in total. The highest BCUT2D eigenvalue weighted by atomic mass is 35.5. The van der Waals surface area contributed by atoms with Crippen LogP contribution in [-0.2, 0) is 6.42 Å². The largest absolute Gasteiger partial charge is 0.451 e. The molecule has 160 valence electrons. The standard InChI is InChI=1S/C22H15Cl2N5O2S/c1-2-19-26-27-22-29(19)28-21(32-22)13-4-3-5-14(10-13)25-20(30)18-9-8-17(31-18)12-6-7-15(23)16(24)11-12/h3-11H,2H2,1H3,(H,25,30). The Hall–Kier alpha value is -3.20. The maximum absolute atomic E-state index is 12.7. The van der Waals surface area contributed by atoms with Crippen molar-refractivity contribution in [2.45, 2.75) is 13.3 Å². The zero-order valence-corrected chi connectivity index (χ0v) is 19.0. The molecule has 3 aromatic heterocycles. The second-order valence-corrected chi connectivity index (χ2v) is 8.67. The van der Waals surface area contributed by atoms with Crippen LogP contribution in [0, 0.1) is 0 Å². The predicted octanol–water partition coefficient (Wildman–Crippen LogP) is 6.23. The van der Waals surface area contributed by atoms with Gasteiger partial charge >= 0.3 is 0 Å². The highest BCUT2D eigenvalue weighted by Crippen LogP contribution is 2.30. The third-order valence-corrected chi connectivity index (χ3v) is 6.46. The van der Waals surface area contributed by atoms with Gasteiger partial charge in [-0.05, 0) is 42.5 Å². The minimum absolute atomic E-state index is 0.183. The maximum Gasteiger partial charge on any atom is 0.291 e. The normalized spacial score (nSPS) is 11.2. The number of amides is 1. The number of benzene rings is 2. The minimum atomic E-state index is -0.361. The first-order valence-corrected chi connectivity index (χ1v) is 11.3. The highest BCUT2D eigenvalue weighted by molar-refractivity contribution is 7.19. The zero-order valence-electron chi connectivity index (χ0n) is 16.7. The number of halogens is 2. The molecule has 3 heterocycles. The van der Waals surface area contributed by atoms with Crippen LogP contribution >= 0.6 is 34.5 Å². The van der Waals surface area contributed by atoms with E-state index >= 15 is 0 Å². The van der Waals surface area contributed by atoms with Gasteiger partial charge in [-0.2, -0.15) is 9.61 Å². The fraction of sp³-hybridized carbons (Fsp3) is 0.0909. The van der Waals surface area contributed by atoms with Crippen molar-refractivity contribution in [3.05, 3.63) is 76.2 Å². The summed E-state index contributed by atoms with van der Waals surface area (Å²) in [4.78, 5) is 13.5. The number of fused-ring (bicyclic) bond motifs is 1. The molecule has 0 saturated carbocycles. The fourth-order valence-electron chi connectivity index (χ4n) is 3.18. The van der Waals surface area contributed by atoms with Crippen LogP contribution in [-0.4, -0.2) is 25.7 Å². The number of rotatable bonds is 5. The van der Waals surface area contributed by atoms with Crippen LogP contribution in [0.2, 0.25) is 10.0 Å². The van der Waals surface area contributed by atoms with Gasteiger partial charge < -0.3 is 9.73 Å². The molecule has 0 aliphatic heterocycles. The molecule has 0 unspecified atom stereocenters. The average Bonchev–Trinajstić information content (AvgIpc) is 3.51. The summed E-state index contributed by atoms with van der Waals surface area (Å²) in [7, 11) is 0. The summed E-state index contributed by atoms with van der Waals surface area (Å²) in [6.45, 7) is 2.01. The number of anilines is 1. The maximum atomic E-state index is 12.7. The zero-order chi connectivity index (χ0) is 22.2. The Labute approximate surface area is 196 Å². The molecule has 1 N–H and O–H groups in total. The number of hydrogen-bond acceptors (Lipinski definition) is 6. The highest BCUT2D eigenvalue weighted by Gasteiger charge is 2.15. The van der Waals surface area contributed by atoms with E-state index in [1.807, 2.05) is 31.2 Å². The summed E-state index contributed by atoms with van der Waals surface area (Å²) < 4.78 is 7.47. The molecule has 0 atom stereocenters. The summed E-state index contributed by atoms with van der Waals surface area (Å²) in [5.41, 5.74) is 2.23. The van der Waals surface area contributed by atoms with E-state index in [0.29, 0.717) is 21.5 Å². The Morgan fingerprint density at radius 2 is 1.94 bits per heavy atom. The van der Waals surface area contributed by atoms with Crippen LogP contribution in [0.25, 0.3) is 26.9 Å². The van der Waals surface area contributed by atoms with Gasteiger partial charge in [-0.15, -0.1) is 10.2 Å². The van der Waals surface area contributed by atoms with Crippen LogP contribution < -0.4 is 5.32 Å². The van der Waals surface area contributed by atoms with Crippen LogP contribution in [0.1, 0.15) is 23.3 Å². The second kappa shape index (κ2) is 8.38. The van der Waals surface area contributed by atoms with E-state index in [1.165, 1.54) is 11.3 Å². The van der Waals surface area contributed by atoms with Gasteiger partial charge in [-0.3, -0.25) is 4.79 Å². The fourth-order valence-corrected chi connectivity index (χ4v) is 4.33. The van der Waals surface area contributed by atoms with Crippen molar-refractivity contribution in [1.82, 2.24) is 19.8 Å². The number of aryl methyl sites for hydroxylation is 1. The molecule has 32 heavy (non-hydrogen) atoms. The molecule has 0 aliphatic carbocycles. The molecule has 2 aromatic carbocycles. The van der Waals surface area contributed by atoms with E-state index in [2.05, 4.69) is 20.6 Å². The van der Waals surface area contributed by atoms with Gasteiger partial charge in [0.15, 0.2) is 11.6 Å². The number of carbonyl (C=O) groups is 1. The van der Waals surface area contributed by atoms with E-state index in [9.17, 15) is 4.79 Å². The second-order valence-electron chi connectivity index (χ2n) is 6.90. The molecule has 5 aromatic rings. The Kier molecular flexibility index (Phi) is 5.42. The first-order valence-electron chi connectivity index (χ1n) is 9.70. The van der Waals surface area contributed by atoms with E-state index in [0.717, 1.165) is 33.3 Å². The van der Waals surface area contributed by atoms with E-state index < -0.39 is 0 Å². The van der Waals surface area contributed by atoms with Crippen molar-refractivity contribution in [2.75, 3.05) is 5.32 Å². The Morgan fingerprint density at radius 1 is 1.06 bits per heavy atom. The number of nitrogens with zero attached hydrogens (tertiary/aromatic N) is 4. The first-order chi connectivity index (χ1) is 15.5. The number of carbonyl (C=O) groups excluding carboxylic acids is 1. The molecule has 0 saturated heterocycles. The SMILES string of the molecule is CCc1nnc2sc(-c3cccc(NC(=O)c4ccc(-c5ccc(Cl)c(Cl)c5)o4)c3)nn12. The van der Waals surface area contributed by atoms with Gasteiger partial charge in [0.05, 0.1) is 10.0 Å². The topological polar surface area (TPSA) is 85.3 Å². The number of aromatic nitrogens is 4. The summed E-state index contributed by atoms with van der Waals surface area (Å²) in [5, 5.41) is 17.4. The van der Waals surface area contributed by atoms with Crippen molar-refractivity contribution in [1.29, 1.82) is 0 Å². The molecule has 10 heteroatoms. The van der Waals surface area contributed by atoms with Crippen molar-refractivity contribution < 1.29 is 9.21 Å². The Morgan fingerprint density at radius 3 is 2.75 bits per heavy atom. The predicted molar refractivity (Wildman–Crippen MR) is 126 cm³/mol. The number of hydrogen-bond donors (Lipinski definition) is 1. The molecular formula is C22H15Cl2N5O2S. The molecule has 0 fully saturated rings. The Balaban J connectivity index is 1.36. The van der Waals surface area contributed by atoms with Crippen LogP contribution in [0.5, 0.6) is 0 Å². The van der Waals surface area contributed by atoms with Gasteiger partial charge in [0, 0.05) is 23.2 Å². The summed E-state index contributed by atoms with van der Waals surface area (Å²) in [5.74, 6) is 1.15. The van der Waals surface area contributed by atoms with Crippen LogP contribution in [0.4, 0.5) is 5.69 Å². The molecule has 0 spiro atoms. The lowest BCUT2D eigenvalue weighted by Crippen LogP contribution is -2.10. The average molecular weight is 484 g/mol. The lowest BCUT2D eigenvalue weighted by molar-refractivity contribution is 0.0997.